The second-order valence-electron chi connectivity index (χ2n) is 7.85. The molecule has 0 aromatic heterocycles. The molecule has 2 aliphatic rings. The molecule has 0 aliphatic heterocycles. The molecule has 0 amide bonds. The summed E-state index contributed by atoms with van der Waals surface area (Å²) in [5, 5.41) is 6.37. The van der Waals surface area contributed by atoms with E-state index in [9.17, 15) is 0 Å². The molecule has 1 heteroatoms. The molecule has 0 saturated heterocycles. The van der Waals surface area contributed by atoms with Crippen molar-refractivity contribution < 1.29 is 0 Å². The van der Waals surface area contributed by atoms with Crippen molar-refractivity contribution >= 4 is 16.5 Å². The van der Waals surface area contributed by atoms with Crippen LogP contribution in [0.4, 0.5) is 5.69 Å². The third-order valence-corrected chi connectivity index (χ3v) is 5.90. The molecule has 26 heavy (non-hydrogen) atoms. The van der Waals surface area contributed by atoms with Crippen LogP contribution in [0.3, 0.4) is 0 Å². The number of nitrogens with one attached hydrogen (secondary N) is 1. The van der Waals surface area contributed by atoms with E-state index in [4.69, 9.17) is 0 Å². The summed E-state index contributed by atoms with van der Waals surface area (Å²) in [5.74, 6) is 0. The Kier molecular flexibility index (Phi) is 3.33. The molecule has 0 spiro atoms. The Morgan fingerprint density at radius 3 is 2.46 bits per heavy atom. The second-order valence-corrected chi connectivity index (χ2v) is 7.85. The monoisotopic (exact) mass is 337 g/mol. The van der Waals surface area contributed by atoms with E-state index in [0.717, 1.165) is 12.8 Å². The van der Waals surface area contributed by atoms with E-state index < -0.39 is 0 Å². The van der Waals surface area contributed by atoms with Gasteiger partial charge in [-0.15, -0.1) is 0 Å². The standard InChI is InChI=1S/C25H23N/c1-25(2)21-15-9-8-14-20(21)24-19-13-7-6-12-18(19)23(16-22(24)25)26-17-10-4-3-5-11-17/h3-4,6-10,12-16,26H,5,11H2,1-2H3. The Balaban J connectivity index is 1.79. The van der Waals surface area contributed by atoms with Crippen LogP contribution in [-0.4, -0.2) is 0 Å². The number of rotatable bonds is 2. The van der Waals surface area contributed by atoms with Gasteiger partial charge < -0.3 is 5.32 Å². The quantitative estimate of drug-likeness (QED) is 0.542. The Hall–Kier alpha value is -2.80. The zero-order chi connectivity index (χ0) is 17.7. The normalized spacial score (nSPS) is 16.9. The molecule has 0 atom stereocenters. The van der Waals surface area contributed by atoms with Gasteiger partial charge in [0.1, 0.15) is 0 Å². The van der Waals surface area contributed by atoms with Gasteiger partial charge in [0.25, 0.3) is 0 Å². The third kappa shape index (κ3) is 2.17. The molecular weight excluding hydrogens is 314 g/mol. The van der Waals surface area contributed by atoms with Crippen LogP contribution in [0.5, 0.6) is 0 Å². The summed E-state index contributed by atoms with van der Waals surface area (Å²) in [6.07, 6.45) is 8.77. The molecular formula is C25H23N. The third-order valence-electron chi connectivity index (χ3n) is 5.90. The maximum absolute atomic E-state index is 3.73. The Bertz CT molecular complexity index is 1080. The van der Waals surface area contributed by atoms with Crippen molar-refractivity contribution in [2.24, 2.45) is 0 Å². The molecule has 0 unspecified atom stereocenters. The minimum absolute atomic E-state index is 0.0211. The number of hydrogen-bond donors (Lipinski definition) is 1. The minimum Gasteiger partial charge on any atom is -0.358 e. The lowest BCUT2D eigenvalue weighted by molar-refractivity contribution is 0.661. The van der Waals surface area contributed by atoms with Crippen molar-refractivity contribution in [3.05, 3.63) is 89.6 Å². The van der Waals surface area contributed by atoms with Crippen LogP contribution < -0.4 is 5.32 Å². The number of hydrogen-bond acceptors (Lipinski definition) is 1. The fourth-order valence-corrected chi connectivity index (χ4v) is 4.53. The topological polar surface area (TPSA) is 12.0 Å². The first kappa shape index (κ1) is 15.5. The van der Waals surface area contributed by atoms with Gasteiger partial charge >= 0.3 is 0 Å². The minimum atomic E-state index is 0.0211. The lowest BCUT2D eigenvalue weighted by atomic mass is 9.81. The summed E-state index contributed by atoms with van der Waals surface area (Å²) in [5.41, 5.74) is 8.18. The van der Waals surface area contributed by atoms with Crippen LogP contribution >= 0.6 is 0 Å². The summed E-state index contributed by atoms with van der Waals surface area (Å²) in [6, 6.07) is 20.1. The van der Waals surface area contributed by atoms with E-state index in [0.29, 0.717) is 0 Å². The van der Waals surface area contributed by atoms with E-state index >= 15 is 0 Å². The predicted octanol–water partition coefficient (Wildman–Crippen LogP) is 6.79. The first-order chi connectivity index (χ1) is 12.7. The highest BCUT2D eigenvalue weighted by molar-refractivity contribution is 6.08. The summed E-state index contributed by atoms with van der Waals surface area (Å²) in [4.78, 5) is 0. The lowest BCUT2D eigenvalue weighted by Crippen LogP contribution is -2.15. The van der Waals surface area contributed by atoms with Crippen molar-refractivity contribution in [1.29, 1.82) is 0 Å². The molecule has 1 nitrogen and oxygen atoms in total. The fraction of sp³-hybridized carbons (Fsp3) is 0.200. The van der Waals surface area contributed by atoms with E-state index in [-0.39, 0.29) is 5.41 Å². The number of fused-ring (bicyclic) bond motifs is 5. The average Bonchev–Trinajstić information content (AvgIpc) is 2.91. The predicted molar refractivity (Wildman–Crippen MR) is 112 cm³/mol. The summed E-state index contributed by atoms with van der Waals surface area (Å²) < 4.78 is 0. The summed E-state index contributed by atoms with van der Waals surface area (Å²) >= 11 is 0. The first-order valence-electron chi connectivity index (χ1n) is 9.45. The molecule has 5 rings (SSSR count). The molecule has 0 bridgehead atoms. The van der Waals surface area contributed by atoms with Crippen LogP contribution in [0, 0.1) is 0 Å². The largest absolute Gasteiger partial charge is 0.358 e. The summed E-state index contributed by atoms with van der Waals surface area (Å²) in [6.45, 7) is 4.69. The molecule has 0 radical (unpaired) electrons. The van der Waals surface area contributed by atoms with Gasteiger partial charge in [0.05, 0.1) is 0 Å². The average molecular weight is 337 g/mol. The highest BCUT2D eigenvalue weighted by Crippen LogP contribution is 2.52. The van der Waals surface area contributed by atoms with Gasteiger partial charge in [-0.3, -0.25) is 0 Å². The van der Waals surface area contributed by atoms with Crippen LogP contribution in [0.15, 0.2) is 78.5 Å². The zero-order valence-electron chi connectivity index (χ0n) is 15.3. The van der Waals surface area contributed by atoms with Gasteiger partial charge in [0.2, 0.25) is 0 Å². The van der Waals surface area contributed by atoms with Gasteiger partial charge in [-0.05, 0) is 52.6 Å². The van der Waals surface area contributed by atoms with E-state index in [1.807, 2.05) is 0 Å². The highest BCUT2D eigenvalue weighted by Gasteiger charge is 2.36. The highest BCUT2D eigenvalue weighted by atomic mass is 14.9. The van der Waals surface area contributed by atoms with E-state index in [1.54, 1.807) is 0 Å². The SMILES string of the molecule is CC1(C)c2ccccc2-c2c1cc(NC1=CC=CCC1)c1ccccc21. The Morgan fingerprint density at radius 1 is 0.885 bits per heavy atom. The molecule has 0 heterocycles. The number of allylic oxidation sites excluding steroid dienone is 4. The molecule has 128 valence electrons. The smallest absolute Gasteiger partial charge is 0.0465 e. The fourth-order valence-electron chi connectivity index (χ4n) is 4.53. The van der Waals surface area contributed by atoms with Gasteiger partial charge in [0.15, 0.2) is 0 Å². The first-order valence-corrected chi connectivity index (χ1v) is 9.45. The molecule has 3 aromatic carbocycles. The Morgan fingerprint density at radius 2 is 1.65 bits per heavy atom. The lowest BCUT2D eigenvalue weighted by Gasteiger charge is -2.23. The van der Waals surface area contributed by atoms with Crippen LogP contribution in [0.1, 0.15) is 37.8 Å². The molecule has 0 saturated carbocycles. The summed E-state index contributed by atoms with van der Waals surface area (Å²) in [7, 11) is 0. The van der Waals surface area contributed by atoms with Crippen molar-refractivity contribution in [3.8, 4) is 11.1 Å². The van der Waals surface area contributed by atoms with Crippen molar-refractivity contribution in [2.45, 2.75) is 32.1 Å². The van der Waals surface area contributed by atoms with Crippen molar-refractivity contribution in [2.75, 3.05) is 5.32 Å². The molecule has 1 N–H and O–H groups in total. The van der Waals surface area contributed by atoms with Crippen molar-refractivity contribution in [1.82, 2.24) is 0 Å². The van der Waals surface area contributed by atoms with Gasteiger partial charge in [-0.2, -0.15) is 0 Å². The van der Waals surface area contributed by atoms with Crippen LogP contribution in [0.25, 0.3) is 21.9 Å². The molecule has 3 aromatic rings. The second kappa shape index (κ2) is 5.60. The van der Waals surface area contributed by atoms with E-state index in [1.165, 1.54) is 44.4 Å². The van der Waals surface area contributed by atoms with Crippen LogP contribution in [0.2, 0.25) is 0 Å². The Labute approximate surface area is 155 Å². The van der Waals surface area contributed by atoms with E-state index in [2.05, 4.69) is 92.0 Å². The van der Waals surface area contributed by atoms with Crippen molar-refractivity contribution in [3.63, 3.8) is 0 Å². The molecule has 0 fully saturated rings. The van der Waals surface area contributed by atoms with Gasteiger partial charge in [0, 0.05) is 22.2 Å². The maximum atomic E-state index is 3.73. The maximum Gasteiger partial charge on any atom is 0.0465 e. The number of benzene rings is 3. The van der Waals surface area contributed by atoms with Gasteiger partial charge in [-0.1, -0.05) is 74.5 Å². The number of anilines is 1. The molecule has 2 aliphatic carbocycles. The van der Waals surface area contributed by atoms with Gasteiger partial charge in [-0.25, -0.2) is 0 Å². The van der Waals surface area contributed by atoms with Crippen LogP contribution in [-0.2, 0) is 5.41 Å². The zero-order valence-corrected chi connectivity index (χ0v) is 15.3.